The molecule has 0 fully saturated rings. The Labute approximate surface area is 163 Å². The lowest BCUT2D eigenvalue weighted by molar-refractivity contribution is -0.116. The second-order valence-corrected chi connectivity index (χ2v) is 6.58. The summed E-state index contributed by atoms with van der Waals surface area (Å²) in [7, 11) is 0. The highest BCUT2D eigenvalue weighted by atomic mass is 35.5. The van der Waals surface area contributed by atoms with Crippen LogP contribution in [0.15, 0.2) is 18.2 Å². The van der Waals surface area contributed by atoms with Crippen LogP contribution in [0.4, 0.5) is 5.69 Å². The van der Waals surface area contributed by atoms with Gasteiger partial charge < -0.3 is 10.6 Å². The number of halogens is 1. The van der Waals surface area contributed by atoms with Gasteiger partial charge in [0, 0.05) is 30.9 Å². The Morgan fingerprint density at radius 2 is 1.93 bits per heavy atom. The molecule has 144 valence electrons. The summed E-state index contributed by atoms with van der Waals surface area (Å²) >= 11 is 6.13. The molecule has 0 atom stereocenters. The van der Waals surface area contributed by atoms with Crippen LogP contribution in [0.3, 0.4) is 0 Å². The largest absolute Gasteiger partial charge is 0.352 e. The molecule has 1 heterocycles. The summed E-state index contributed by atoms with van der Waals surface area (Å²) < 4.78 is 1.66. The zero-order valence-corrected chi connectivity index (χ0v) is 16.6. The van der Waals surface area contributed by atoms with Crippen LogP contribution >= 0.6 is 11.6 Å². The van der Waals surface area contributed by atoms with Gasteiger partial charge in [-0.1, -0.05) is 11.6 Å². The van der Waals surface area contributed by atoms with Crippen LogP contribution in [0.5, 0.6) is 0 Å². The number of carbonyl (C=O) groups is 3. The van der Waals surface area contributed by atoms with E-state index in [4.69, 9.17) is 11.6 Å². The zero-order valence-electron chi connectivity index (χ0n) is 15.9. The van der Waals surface area contributed by atoms with Gasteiger partial charge in [-0.2, -0.15) is 5.10 Å². The van der Waals surface area contributed by atoms with Gasteiger partial charge >= 0.3 is 0 Å². The Hall–Kier alpha value is -2.67. The van der Waals surface area contributed by atoms with Crippen molar-refractivity contribution in [2.75, 3.05) is 11.9 Å². The monoisotopic (exact) mass is 390 g/mol. The van der Waals surface area contributed by atoms with Crippen LogP contribution in [0.1, 0.15) is 52.4 Å². The quantitative estimate of drug-likeness (QED) is 0.710. The number of anilines is 1. The van der Waals surface area contributed by atoms with Crippen molar-refractivity contribution in [1.82, 2.24) is 15.1 Å². The lowest BCUT2D eigenvalue weighted by Gasteiger charge is -2.09. The van der Waals surface area contributed by atoms with E-state index in [9.17, 15) is 14.4 Å². The number of hydrogen-bond acceptors (Lipinski definition) is 4. The van der Waals surface area contributed by atoms with Gasteiger partial charge in [-0.3, -0.25) is 19.1 Å². The number of Topliss-reactive ketones (excluding diaryl/α,β-unsaturated/α-hetero) is 1. The number of aromatic nitrogens is 2. The fourth-order valence-corrected chi connectivity index (χ4v) is 3.15. The topological polar surface area (TPSA) is 93.1 Å². The molecule has 0 saturated carbocycles. The molecule has 0 bridgehead atoms. The van der Waals surface area contributed by atoms with Gasteiger partial charge in [0.25, 0.3) is 5.91 Å². The third kappa shape index (κ3) is 4.95. The Kier molecular flexibility index (Phi) is 6.74. The molecule has 8 heteroatoms. The van der Waals surface area contributed by atoms with Gasteiger partial charge in [0.15, 0.2) is 5.78 Å². The van der Waals surface area contributed by atoms with E-state index in [1.807, 2.05) is 13.8 Å². The van der Waals surface area contributed by atoms with E-state index in [1.54, 1.807) is 29.8 Å². The second-order valence-electron chi connectivity index (χ2n) is 6.18. The minimum atomic E-state index is -0.258. The smallest absolute Gasteiger partial charge is 0.252 e. The molecule has 0 aliphatic rings. The second kappa shape index (κ2) is 8.81. The molecular weight excluding hydrogens is 368 g/mol. The Morgan fingerprint density at radius 1 is 1.22 bits per heavy atom. The third-order valence-corrected chi connectivity index (χ3v) is 4.43. The first kappa shape index (κ1) is 20.6. The minimum Gasteiger partial charge on any atom is -0.352 e. The van der Waals surface area contributed by atoms with Crippen LogP contribution in [-0.2, 0) is 11.3 Å². The lowest BCUT2D eigenvalue weighted by Crippen LogP contribution is -2.23. The van der Waals surface area contributed by atoms with E-state index >= 15 is 0 Å². The molecule has 0 unspecified atom stereocenters. The Bertz CT molecular complexity index is 889. The molecule has 0 spiro atoms. The number of nitrogens with one attached hydrogen (secondary N) is 2. The molecule has 2 aromatic rings. The molecule has 2 N–H and O–H groups in total. The number of rotatable bonds is 7. The first-order valence-electron chi connectivity index (χ1n) is 8.67. The predicted octanol–water partition coefficient (Wildman–Crippen LogP) is 3.13. The molecule has 1 aromatic heterocycles. The van der Waals surface area contributed by atoms with Gasteiger partial charge in [0.1, 0.15) is 0 Å². The number of amides is 2. The Balaban J connectivity index is 2.00. The van der Waals surface area contributed by atoms with Crippen molar-refractivity contribution in [3.63, 3.8) is 0 Å². The summed E-state index contributed by atoms with van der Waals surface area (Å²) in [6.45, 7) is 7.78. The van der Waals surface area contributed by atoms with E-state index in [2.05, 4.69) is 15.7 Å². The molecule has 0 saturated heterocycles. The summed E-state index contributed by atoms with van der Waals surface area (Å²) in [5.41, 5.74) is 2.88. The van der Waals surface area contributed by atoms with E-state index in [1.165, 1.54) is 6.92 Å². The number of benzene rings is 1. The van der Waals surface area contributed by atoms with Gasteiger partial charge in [0.05, 0.1) is 21.8 Å². The molecule has 2 rings (SSSR count). The molecule has 7 nitrogen and oxygen atoms in total. The van der Waals surface area contributed by atoms with Gasteiger partial charge in [0.2, 0.25) is 5.91 Å². The molecule has 27 heavy (non-hydrogen) atoms. The fourth-order valence-electron chi connectivity index (χ4n) is 2.89. The third-order valence-electron chi connectivity index (χ3n) is 4.12. The number of nitrogens with zero attached hydrogens (tertiary/aromatic N) is 2. The van der Waals surface area contributed by atoms with Crippen molar-refractivity contribution < 1.29 is 14.4 Å². The van der Waals surface area contributed by atoms with Crippen molar-refractivity contribution in [2.45, 2.75) is 40.7 Å². The van der Waals surface area contributed by atoms with Crippen LogP contribution in [-0.4, -0.2) is 33.9 Å². The molecule has 0 aliphatic heterocycles. The average molecular weight is 391 g/mol. The van der Waals surface area contributed by atoms with E-state index in [-0.39, 0.29) is 29.0 Å². The van der Waals surface area contributed by atoms with Crippen molar-refractivity contribution in [3.8, 4) is 0 Å². The van der Waals surface area contributed by atoms with Crippen LogP contribution in [0.2, 0.25) is 5.02 Å². The molecule has 2 amide bonds. The Morgan fingerprint density at radius 3 is 2.48 bits per heavy atom. The highest BCUT2D eigenvalue weighted by Crippen LogP contribution is 2.21. The predicted molar refractivity (Wildman–Crippen MR) is 104 cm³/mol. The van der Waals surface area contributed by atoms with E-state index < -0.39 is 0 Å². The number of carbonyl (C=O) groups excluding carboxylic acids is 3. The van der Waals surface area contributed by atoms with E-state index in [0.29, 0.717) is 35.6 Å². The summed E-state index contributed by atoms with van der Waals surface area (Å²) in [4.78, 5) is 35.7. The molecular formula is C19H23ClN4O3. The van der Waals surface area contributed by atoms with Gasteiger partial charge in [-0.05, 0) is 45.9 Å². The average Bonchev–Trinajstić information content (AvgIpc) is 2.87. The lowest BCUT2D eigenvalue weighted by atomic mass is 10.1. The fraction of sp³-hybridized carbons (Fsp3) is 0.368. The van der Waals surface area contributed by atoms with Crippen molar-refractivity contribution >= 4 is 34.9 Å². The first-order chi connectivity index (χ1) is 12.7. The van der Waals surface area contributed by atoms with Gasteiger partial charge in [-0.15, -0.1) is 0 Å². The van der Waals surface area contributed by atoms with Gasteiger partial charge in [-0.25, -0.2) is 0 Å². The summed E-state index contributed by atoms with van der Waals surface area (Å²) in [5, 5.41) is 10.0. The van der Waals surface area contributed by atoms with Crippen LogP contribution in [0.25, 0.3) is 0 Å². The van der Waals surface area contributed by atoms with Crippen molar-refractivity contribution in [3.05, 3.63) is 45.7 Å². The highest BCUT2D eigenvalue weighted by molar-refractivity contribution is 6.34. The maximum Gasteiger partial charge on any atom is 0.252 e. The van der Waals surface area contributed by atoms with Crippen molar-refractivity contribution in [2.24, 2.45) is 0 Å². The summed E-state index contributed by atoms with van der Waals surface area (Å²) in [5.74, 6) is -0.512. The first-order valence-corrected chi connectivity index (χ1v) is 9.05. The van der Waals surface area contributed by atoms with Crippen LogP contribution < -0.4 is 10.6 Å². The number of aryl methyl sites for hydroxylation is 2. The zero-order chi connectivity index (χ0) is 20.1. The standard InChI is InChI=1S/C19H23ClN4O3/c1-5-21-19(27)15-7-6-14(10-16(15)20)22-17(26)8-9-24-12(3)18(13(4)25)11(2)23-24/h6-7,10H,5,8-9H2,1-4H3,(H,21,27)(H,22,26). The molecule has 0 radical (unpaired) electrons. The maximum atomic E-state index is 12.2. The maximum absolute atomic E-state index is 12.2. The minimum absolute atomic E-state index is 0.0393. The molecule has 0 aliphatic carbocycles. The van der Waals surface area contributed by atoms with Crippen LogP contribution in [0, 0.1) is 13.8 Å². The summed E-state index contributed by atoms with van der Waals surface area (Å²) in [6.07, 6.45) is 0.189. The SMILES string of the molecule is CCNC(=O)c1ccc(NC(=O)CCn2nc(C)c(C(C)=O)c2C)cc1Cl. The van der Waals surface area contributed by atoms with Crippen molar-refractivity contribution in [1.29, 1.82) is 0 Å². The number of hydrogen-bond donors (Lipinski definition) is 2. The van der Waals surface area contributed by atoms with E-state index in [0.717, 1.165) is 5.69 Å². The normalized spacial score (nSPS) is 10.6. The molecule has 1 aromatic carbocycles. The highest BCUT2D eigenvalue weighted by Gasteiger charge is 2.16. The summed E-state index contributed by atoms with van der Waals surface area (Å²) in [6, 6.07) is 4.75. The number of ketones is 1.